The Hall–Kier alpha value is -2.07. The van der Waals surface area contributed by atoms with Crippen molar-refractivity contribution in [3.63, 3.8) is 0 Å². The Kier molecular flexibility index (Phi) is 3.33. The maximum Gasteiger partial charge on any atom is 0.219 e. The highest BCUT2D eigenvalue weighted by Crippen LogP contribution is 2.43. The second-order valence-corrected chi connectivity index (χ2v) is 6.04. The molecule has 1 aliphatic rings. The van der Waals surface area contributed by atoms with Gasteiger partial charge in [-0.05, 0) is 38.5 Å². The van der Waals surface area contributed by atoms with Crippen LogP contribution in [-0.4, -0.2) is 10.6 Å². The van der Waals surface area contributed by atoms with Crippen molar-refractivity contribution < 1.29 is 9.47 Å². The van der Waals surface area contributed by atoms with Crippen molar-refractivity contribution in [2.75, 3.05) is 0 Å². The fraction of sp³-hybridized carbons (Fsp3) is 0.353. The largest absolute Gasteiger partial charge is 0.483 e. The molecule has 4 heteroatoms. The van der Waals surface area contributed by atoms with Crippen LogP contribution in [0, 0.1) is 6.92 Å². The van der Waals surface area contributed by atoms with Crippen LogP contribution < -0.4 is 15.2 Å². The van der Waals surface area contributed by atoms with Crippen LogP contribution in [0.2, 0.25) is 0 Å². The summed E-state index contributed by atoms with van der Waals surface area (Å²) in [6.07, 6.45) is 0.884. The van der Waals surface area contributed by atoms with E-state index in [0.717, 1.165) is 23.4 Å². The van der Waals surface area contributed by atoms with Gasteiger partial charge < -0.3 is 15.2 Å². The fourth-order valence-electron chi connectivity index (χ4n) is 2.66. The first kappa shape index (κ1) is 13.9. The van der Waals surface area contributed by atoms with Crippen molar-refractivity contribution in [1.82, 2.24) is 4.98 Å². The van der Waals surface area contributed by atoms with Gasteiger partial charge in [-0.2, -0.15) is 0 Å². The molecule has 0 spiro atoms. The lowest BCUT2D eigenvalue weighted by Crippen LogP contribution is -2.24. The molecule has 0 fully saturated rings. The fourth-order valence-corrected chi connectivity index (χ4v) is 2.66. The molecule has 2 aromatic rings. The van der Waals surface area contributed by atoms with Gasteiger partial charge in [-0.15, -0.1) is 0 Å². The highest BCUT2D eigenvalue weighted by Gasteiger charge is 2.32. The average Bonchev–Trinajstić information content (AvgIpc) is 2.73. The molecule has 1 aromatic heterocycles. The zero-order chi connectivity index (χ0) is 15.0. The predicted octanol–water partition coefficient (Wildman–Crippen LogP) is 3.35. The smallest absolute Gasteiger partial charge is 0.219 e. The number of nitrogens with zero attached hydrogens (tertiary/aromatic N) is 1. The number of nitrogens with two attached hydrogens (primary N) is 1. The van der Waals surface area contributed by atoms with Gasteiger partial charge in [0, 0.05) is 30.3 Å². The standard InChI is InChI=1S/C17H20N2O2/c1-11-7-12(10-18)8-15(19-11)20-14-6-4-5-13-9-17(2,3)21-16(13)14/h4-8H,9-10,18H2,1-3H3. The number of fused-ring (bicyclic) bond motifs is 1. The molecular formula is C17H20N2O2. The van der Waals surface area contributed by atoms with Crippen LogP contribution in [0.1, 0.15) is 30.7 Å². The number of benzene rings is 1. The molecule has 3 rings (SSSR count). The van der Waals surface area contributed by atoms with E-state index in [4.69, 9.17) is 15.2 Å². The normalized spacial score (nSPS) is 15.4. The summed E-state index contributed by atoms with van der Waals surface area (Å²) in [7, 11) is 0. The average molecular weight is 284 g/mol. The van der Waals surface area contributed by atoms with E-state index < -0.39 is 0 Å². The molecule has 0 bridgehead atoms. The summed E-state index contributed by atoms with van der Waals surface area (Å²) in [6.45, 7) is 6.56. The van der Waals surface area contributed by atoms with Crippen molar-refractivity contribution in [3.05, 3.63) is 47.2 Å². The van der Waals surface area contributed by atoms with Crippen molar-refractivity contribution in [1.29, 1.82) is 0 Å². The molecule has 0 saturated carbocycles. The number of rotatable bonds is 3. The predicted molar refractivity (Wildman–Crippen MR) is 81.8 cm³/mol. The molecule has 4 nitrogen and oxygen atoms in total. The Morgan fingerprint density at radius 1 is 1.33 bits per heavy atom. The minimum Gasteiger partial charge on any atom is -0.483 e. The first-order valence-corrected chi connectivity index (χ1v) is 7.13. The third kappa shape index (κ3) is 2.85. The van der Waals surface area contributed by atoms with Crippen LogP contribution in [-0.2, 0) is 13.0 Å². The number of aromatic nitrogens is 1. The van der Waals surface area contributed by atoms with Crippen molar-refractivity contribution in [2.45, 2.75) is 39.3 Å². The van der Waals surface area contributed by atoms with Crippen LogP contribution in [0.4, 0.5) is 0 Å². The maximum atomic E-state index is 6.01. The Morgan fingerprint density at radius 3 is 2.90 bits per heavy atom. The molecule has 1 aromatic carbocycles. The number of hydrogen-bond acceptors (Lipinski definition) is 4. The van der Waals surface area contributed by atoms with Crippen LogP contribution in [0.5, 0.6) is 17.4 Å². The quantitative estimate of drug-likeness (QED) is 0.939. The van der Waals surface area contributed by atoms with Gasteiger partial charge >= 0.3 is 0 Å². The third-order valence-corrected chi connectivity index (χ3v) is 3.49. The molecule has 110 valence electrons. The number of ether oxygens (including phenoxy) is 2. The zero-order valence-electron chi connectivity index (χ0n) is 12.6. The van der Waals surface area contributed by atoms with E-state index in [-0.39, 0.29) is 5.60 Å². The molecule has 1 aliphatic heterocycles. The zero-order valence-corrected chi connectivity index (χ0v) is 12.6. The summed E-state index contributed by atoms with van der Waals surface area (Å²) in [5, 5.41) is 0. The lowest BCUT2D eigenvalue weighted by Gasteiger charge is -2.18. The molecular weight excluding hydrogens is 264 g/mol. The van der Waals surface area contributed by atoms with Crippen LogP contribution in [0.15, 0.2) is 30.3 Å². The number of aryl methyl sites for hydroxylation is 1. The lowest BCUT2D eigenvalue weighted by atomic mass is 10.0. The summed E-state index contributed by atoms with van der Waals surface area (Å²) in [6, 6.07) is 9.80. The van der Waals surface area contributed by atoms with E-state index in [1.54, 1.807) is 0 Å². The molecule has 0 amide bonds. The van der Waals surface area contributed by atoms with E-state index in [1.807, 2.05) is 31.2 Å². The molecule has 0 saturated heterocycles. The summed E-state index contributed by atoms with van der Waals surface area (Å²) in [4.78, 5) is 4.41. The number of hydrogen-bond donors (Lipinski definition) is 1. The van der Waals surface area contributed by atoms with Crippen molar-refractivity contribution in [3.8, 4) is 17.4 Å². The topological polar surface area (TPSA) is 57.4 Å². The second kappa shape index (κ2) is 5.04. The minimum absolute atomic E-state index is 0.190. The molecule has 2 N–H and O–H groups in total. The summed E-state index contributed by atoms with van der Waals surface area (Å²) in [5.74, 6) is 2.08. The molecule has 0 radical (unpaired) electrons. The van der Waals surface area contributed by atoms with Gasteiger partial charge in [-0.3, -0.25) is 0 Å². The van der Waals surface area contributed by atoms with E-state index in [2.05, 4.69) is 24.9 Å². The molecule has 0 aliphatic carbocycles. The number of para-hydroxylation sites is 1. The van der Waals surface area contributed by atoms with Crippen molar-refractivity contribution >= 4 is 0 Å². The maximum absolute atomic E-state index is 6.01. The van der Waals surface area contributed by atoms with Gasteiger partial charge in [0.25, 0.3) is 0 Å². The van der Waals surface area contributed by atoms with Gasteiger partial charge in [0.15, 0.2) is 11.5 Å². The first-order chi connectivity index (χ1) is 9.97. The third-order valence-electron chi connectivity index (χ3n) is 3.49. The van der Waals surface area contributed by atoms with Gasteiger partial charge in [-0.25, -0.2) is 4.98 Å². The van der Waals surface area contributed by atoms with Gasteiger partial charge in [0.05, 0.1) is 0 Å². The molecule has 0 unspecified atom stereocenters. The Morgan fingerprint density at radius 2 is 2.14 bits per heavy atom. The first-order valence-electron chi connectivity index (χ1n) is 7.13. The van der Waals surface area contributed by atoms with E-state index in [0.29, 0.717) is 18.2 Å². The SMILES string of the molecule is Cc1cc(CN)cc(Oc2cccc3c2OC(C)(C)C3)n1. The highest BCUT2D eigenvalue weighted by atomic mass is 16.5. The van der Waals surface area contributed by atoms with Gasteiger partial charge in [0.2, 0.25) is 5.88 Å². The minimum atomic E-state index is -0.190. The Balaban J connectivity index is 1.94. The Labute approximate surface area is 124 Å². The molecule has 0 atom stereocenters. The molecule has 2 heterocycles. The number of pyridine rings is 1. The second-order valence-electron chi connectivity index (χ2n) is 6.04. The van der Waals surface area contributed by atoms with Crippen LogP contribution >= 0.6 is 0 Å². The van der Waals surface area contributed by atoms with E-state index >= 15 is 0 Å². The molecule has 21 heavy (non-hydrogen) atoms. The summed E-state index contributed by atoms with van der Waals surface area (Å²) < 4.78 is 12.0. The Bertz CT molecular complexity index is 680. The summed E-state index contributed by atoms with van der Waals surface area (Å²) in [5.41, 5.74) is 8.58. The highest BCUT2D eigenvalue weighted by molar-refractivity contribution is 5.51. The van der Waals surface area contributed by atoms with E-state index in [1.165, 1.54) is 5.56 Å². The van der Waals surface area contributed by atoms with Gasteiger partial charge in [0.1, 0.15) is 5.60 Å². The lowest BCUT2D eigenvalue weighted by molar-refractivity contribution is 0.135. The van der Waals surface area contributed by atoms with Crippen molar-refractivity contribution in [2.24, 2.45) is 5.73 Å². The summed E-state index contributed by atoms with van der Waals surface area (Å²) >= 11 is 0. The van der Waals surface area contributed by atoms with Crippen LogP contribution in [0.3, 0.4) is 0 Å². The van der Waals surface area contributed by atoms with Crippen LogP contribution in [0.25, 0.3) is 0 Å². The monoisotopic (exact) mass is 284 g/mol. The van der Waals surface area contributed by atoms with Gasteiger partial charge in [-0.1, -0.05) is 12.1 Å². The van der Waals surface area contributed by atoms with E-state index in [9.17, 15) is 0 Å².